The number of hydrogen-bond acceptors (Lipinski definition) is 2. The van der Waals surface area contributed by atoms with Crippen molar-refractivity contribution < 1.29 is 27.1 Å². The minimum absolute atomic E-state index is 0.00590. The Hall–Kier alpha value is -2.37. The number of ether oxygens (including phenoxy) is 1. The van der Waals surface area contributed by atoms with E-state index in [9.17, 15) is 22.4 Å². The van der Waals surface area contributed by atoms with Gasteiger partial charge in [0.1, 0.15) is 11.5 Å². The van der Waals surface area contributed by atoms with Gasteiger partial charge in [0, 0.05) is 24.5 Å². The maximum absolute atomic E-state index is 13.6. The van der Waals surface area contributed by atoms with Crippen LogP contribution in [0.5, 0.6) is 11.5 Å². The van der Waals surface area contributed by atoms with Gasteiger partial charge in [0.05, 0.1) is 0 Å². The van der Waals surface area contributed by atoms with Gasteiger partial charge in [-0.15, -0.1) is 0 Å². The molecule has 0 atom stereocenters. The van der Waals surface area contributed by atoms with Crippen LogP contribution in [0.1, 0.15) is 36.2 Å². The summed E-state index contributed by atoms with van der Waals surface area (Å²) in [4.78, 5) is 11.5. The first-order chi connectivity index (χ1) is 11.1. The summed E-state index contributed by atoms with van der Waals surface area (Å²) in [7, 11) is 0. The molecule has 0 aliphatic rings. The zero-order valence-electron chi connectivity index (χ0n) is 13.2. The van der Waals surface area contributed by atoms with Gasteiger partial charge in [0.25, 0.3) is 0 Å². The summed E-state index contributed by atoms with van der Waals surface area (Å²) in [6.07, 6.45) is 0.387. The highest BCUT2D eigenvalue weighted by molar-refractivity contribution is 5.95. The van der Waals surface area contributed by atoms with Crippen LogP contribution in [0.15, 0.2) is 48.5 Å². The molecule has 0 N–H and O–H groups in total. The Bertz CT molecular complexity index is 701. The van der Waals surface area contributed by atoms with E-state index in [1.165, 1.54) is 12.1 Å². The minimum Gasteiger partial charge on any atom is -0.457 e. The van der Waals surface area contributed by atoms with Crippen LogP contribution in [-0.4, -0.2) is 11.7 Å². The fraction of sp³-hybridized carbons (Fsp3) is 0.278. The normalized spacial score (nSPS) is 12.1. The molecule has 2 nitrogen and oxygen atoms in total. The van der Waals surface area contributed by atoms with Crippen LogP contribution >= 0.6 is 0 Å². The highest BCUT2D eigenvalue weighted by atomic mass is 19.3. The number of rotatable bonds is 6. The number of ketones is 1. The monoisotopic (exact) mass is 340 g/mol. The lowest BCUT2D eigenvalue weighted by Crippen LogP contribution is -2.34. The second-order valence-corrected chi connectivity index (χ2v) is 5.39. The average molecular weight is 340 g/mol. The molecule has 0 aliphatic carbocycles. The van der Waals surface area contributed by atoms with Crippen molar-refractivity contribution in [3.05, 3.63) is 59.7 Å². The van der Waals surface area contributed by atoms with Crippen molar-refractivity contribution in [1.82, 2.24) is 0 Å². The number of carbonyl (C=O) groups is 1. The number of Topliss-reactive ketones (excluding diaryl/α,β-unsaturated/α-hetero) is 1. The van der Waals surface area contributed by atoms with Crippen LogP contribution < -0.4 is 4.74 Å². The molecule has 6 heteroatoms. The van der Waals surface area contributed by atoms with E-state index in [1.807, 2.05) is 0 Å². The highest BCUT2D eigenvalue weighted by Gasteiger charge is 2.53. The number of hydrogen-bond donors (Lipinski definition) is 0. The molecule has 0 spiro atoms. The third-order valence-electron chi connectivity index (χ3n) is 3.50. The lowest BCUT2D eigenvalue weighted by Gasteiger charge is -2.23. The Morgan fingerprint density at radius 3 is 1.79 bits per heavy atom. The van der Waals surface area contributed by atoms with Gasteiger partial charge in [0.15, 0.2) is 5.78 Å². The van der Waals surface area contributed by atoms with Gasteiger partial charge in [-0.05, 0) is 48.5 Å². The van der Waals surface area contributed by atoms with Crippen LogP contribution in [0.4, 0.5) is 17.6 Å². The second kappa shape index (κ2) is 6.63. The van der Waals surface area contributed by atoms with Crippen molar-refractivity contribution >= 4 is 5.78 Å². The largest absolute Gasteiger partial charge is 0.457 e. The van der Waals surface area contributed by atoms with Crippen LogP contribution in [-0.2, 0) is 5.92 Å². The van der Waals surface area contributed by atoms with Crippen LogP contribution in [0.25, 0.3) is 0 Å². The Labute approximate surface area is 137 Å². The fourth-order valence-electron chi connectivity index (χ4n) is 2.03. The first-order valence-electron chi connectivity index (χ1n) is 7.32. The van der Waals surface area contributed by atoms with Crippen molar-refractivity contribution in [3.63, 3.8) is 0 Å². The molecule has 24 heavy (non-hydrogen) atoms. The predicted octanol–water partition coefficient (Wildman–Crippen LogP) is 5.82. The maximum Gasteiger partial charge on any atom is 0.335 e. The molecule has 0 bridgehead atoms. The summed E-state index contributed by atoms with van der Waals surface area (Å²) in [6.45, 7) is 1.93. The van der Waals surface area contributed by atoms with Crippen LogP contribution in [0.3, 0.4) is 0 Å². The Balaban J connectivity index is 2.13. The Morgan fingerprint density at radius 1 is 0.917 bits per heavy atom. The van der Waals surface area contributed by atoms with Gasteiger partial charge in [-0.2, -0.15) is 17.6 Å². The summed E-state index contributed by atoms with van der Waals surface area (Å²) in [5.74, 6) is -7.79. The van der Waals surface area contributed by atoms with Gasteiger partial charge >= 0.3 is 11.8 Å². The summed E-state index contributed by atoms with van der Waals surface area (Å²) >= 11 is 0. The van der Waals surface area contributed by atoms with Gasteiger partial charge in [-0.1, -0.05) is 6.92 Å². The lowest BCUT2D eigenvalue weighted by atomic mass is 10.0. The molecule has 2 aromatic rings. The molecule has 0 aromatic heterocycles. The van der Waals surface area contributed by atoms with Crippen molar-refractivity contribution in [2.24, 2.45) is 0 Å². The number of carbonyl (C=O) groups excluding carboxylic acids is 1. The molecule has 0 saturated carbocycles. The van der Waals surface area contributed by atoms with E-state index in [0.29, 0.717) is 17.7 Å². The Kier molecular flexibility index (Phi) is 4.96. The molecule has 0 fully saturated rings. The summed E-state index contributed by atoms with van der Waals surface area (Å²) in [5, 5.41) is 0. The zero-order chi connectivity index (χ0) is 18.0. The van der Waals surface area contributed by atoms with E-state index < -0.39 is 17.4 Å². The predicted molar refractivity (Wildman–Crippen MR) is 82.1 cm³/mol. The molecule has 2 aromatic carbocycles. The quantitative estimate of drug-likeness (QED) is 0.489. The molecular formula is C18H16F4O2. The third kappa shape index (κ3) is 3.75. The van der Waals surface area contributed by atoms with Crippen molar-refractivity contribution in [1.29, 1.82) is 0 Å². The average Bonchev–Trinajstić information content (AvgIpc) is 2.54. The topological polar surface area (TPSA) is 26.3 Å². The molecule has 0 amide bonds. The zero-order valence-corrected chi connectivity index (χ0v) is 13.2. The van der Waals surface area contributed by atoms with Crippen LogP contribution in [0.2, 0.25) is 0 Å². The first kappa shape index (κ1) is 18.0. The van der Waals surface area contributed by atoms with E-state index in [2.05, 4.69) is 0 Å². The molecule has 0 saturated heterocycles. The van der Waals surface area contributed by atoms with Gasteiger partial charge in [-0.3, -0.25) is 4.79 Å². The smallest absolute Gasteiger partial charge is 0.335 e. The van der Waals surface area contributed by atoms with Gasteiger partial charge in [0.2, 0.25) is 0 Å². The maximum atomic E-state index is 13.6. The van der Waals surface area contributed by atoms with Crippen molar-refractivity contribution in [2.45, 2.75) is 32.1 Å². The van der Waals surface area contributed by atoms with Crippen molar-refractivity contribution in [3.8, 4) is 11.5 Å². The second-order valence-electron chi connectivity index (χ2n) is 5.39. The van der Waals surface area contributed by atoms with E-state index >= 15 is 0 Å². The highest BCUT2D eigenvalue weighted by Crippen LogP contribution is 2.42. The lowest BCUT2D eigenvalue weighted by molar-refractivity contribution is -0.204. The first-order valence-corrected chi connectivity index (χ1v) is 7.32. The van der Waals surface area contributed by atoms with Gasteiger partial charge < -0.3 is 4.74 Å². The molecule has 0 heterocycles. The summed E-state index contributed by atoms with van der Waals surface area (Å²) < 4.78 is 58.5. The molecule has 0 aliphatic heterocycles. The number of alkyl halides is 4. The molecule has 128 valence electrons. The van der Waals surface area contributed by atoms with E-state index in [4.69, 9.17) is 4.74 Å². The summed E-state index contributed by atoms with van der Waals surface area (Å²) in [5.41, 5.74) is -0.240. The SMILES string of the molecule is CCC(=O)c1ccc(Oc2ccc(C(F)(F)C(C)(F)F)cc2)cc1. The van der Waals surface area contributed by atoms with Crippen LogP contribution in [0, 0.1) is 0 Å². The molecule has 2 rings (SSSR count). The van der Waals surface area contributed by atoms with E-state index in [0.717, 1.165) is 12.1 Å². The number of benzene rings is 2. The van der Waals surface area contributed by atoms with Crippen molar-refractivity contribution in [2.75, 3.05) is 0 Å². The van der Waals surface area contributed by atoms with Gasteiger partial charge in [-0.25, -0.2) is 0 Å². The van der Waals surface area contributed by atoms with E-state index in [-0.39, 0.29) is 18.5 Å². The summed E-state index contributed by atoms with van der Waals surface area (Å²) in [6, 6.07) is 10.5. The number of halogens is 4. The fourth-order valence-corrected chi connectivity index (χ4v) is 2.03. The molecule has 0 unspecified atom stereocenters. The third-order valence-corrected chi connectivity index (χ3v) is 3.50. The minimum atomic E-state index is -4.26. The molecule has 0 radical (unpaired) electrons. The van der Waals surface area contributed by atoms with E-state index in [1.54, 1.807) is 31.2 Å². The Morgan fingerprint density at radius 2 is 1.38 bits per heavy atom. The standard InChI is InChI=1S/C18H16F4O2/c1-3-16(23)12-4-8-14(9-5-12)24-15-10-6-13(7-11-15)18(21,22)17(2,19)20/h4-11H,3H2,1-2H3. The molecular weight excluding hydrogens is 324 g/mol.